The predicted molar refractivity (Wildman–Crippen MR) is 117 cm³/mol. The Bertz CT molecular complexity index is 1050. The van der Waals surface area contributed by atoms with Gasteiger partial charge in [-0.1, -0.05) is 12.1 Å². The number of rotatable bonds is 5. The molecule has 4 unspecified atom stereocenters. The molecular formula is C23H25F3N2O4S. The van der Waals surface area contributed by atoms with Gasteiger partial charge >= 0.3 is 12.3 Å². The van der Waals surface area contributed by atoms with Gasteiger partial charge in [-0.3, -0.25) is 4.79 Å². The van der Waals surface area contributed by atoms with Crippen molar-refractivity contribution in [3.8, 4) is 5.75 Å². The van der Waals surface area contributed by atoms with Gasteiger partial charge in [0.1, 0.15) is 16.7 Å². The highest BCUT2D eigenvalue weighted by Gasteiger charge is 2.37. The van der Waals surface area contributed by atoms with E-state index in [2.05, 4.69) is 9.64 Å². The number of anilines is 1. The zero-order valence-corrected chi connectivity index (χ0v) is 19.0. The van der Waals surface area contributed by atoms with Crippen molar-refractivity contribution in [1.29, 1.82) is 0 Å². The topological polar surface area (TPSA) is 70.1 Å². The van der Waals surface area contributed by atoms with Gasteiger partial charge in [-0.2, -0.15) is 0 Å². The van der Waals surface area contributed by atoms with E-state index in [1.807, 2.05) is 36.4 Å². The van der Waals surface area contributed by atoms with E-state index in [-0.39, 0.29) is 17.8 Å². The Balaban J connectivity index is 1.49. The molecule has 4 atom stereocenters. The van der Waals surface area contributed by atoms with Crippen LogP contribution in [0.3, 0.4) is 0 Å². The van der Waals surface area contributed by atoms with Crippen LogP contribution >= 0.6 is 0 Å². The summed E-state index contributed by atoms with van der Waals surface area (Å²) in [7, 11) is -1.46. The van der Waals surface area contributed by atoms with Gasteiger partial charge in [0, 0.05) is 30.9 Å². The van der Waals surface area contributed by atoms with Crippen molar-refractivity contribution in [2.24, 2.45) is 5.92 Å². The van der Waals surface area contributed by atoms with E-state index in [1.165, 1.54) is 12.1 Å². The van der Waals surface area contributed by atoms with Gasteiger partial charge in [-0.05, 0) is 68.1 Å². The van der Waals surface area contributed by atoms with E-state index in [4.69, 9.17) is 0 Å². The van der Waals surface area contributed by atoms with Crippen molar-refractivity contribution in [1.82, 2.24) is 4.31 Å². The zero-order valence-electron chi connectivity index (χ0n) is 18.2. The first-order valence-electron chi connectivity index (χ1n) is 10.7. The number of hydrogen-bond donors (Lipinski definition) is 1. The monoisotopic (exact) mass is 482 g/mol. The number of carboxylic acids is 1. The second-order valence-corrected chi connectivity index (χ2v) is 9.95. The minimum atomic E-state index is -4.73. The quantitative estimate of drug-likeness (QED) is 0.698. The highest BCUT2D eigenvalue weighted by atomic mass is 32.2. The Kier molecular flexibility index (Phi) is 6.41. The van der Waals surface area contributed by atoms with E-state index >= 15 is 0 Å². The summed E-state index contributed by atoms with van der Waals surface area (Å²) in [6, 6.07) is 11.1. The fraction of sp³-hybridized carbons (Fsp3) is 0.435. The molecule has 1 heterocycles. The van der Waals surface area contributed by atoms with Crippen molar-refractivity contribution in [3.63, 3.8) is 0 Å². The normalized spacial score (nSPS) is 24.4. The molecule has 4 rings (SSSR count). The van der Waals surface area contributed by atoms with E-state index in [0.717, 1.165) is 16.8 Å². The lowest BCUT2D eigenvalue weighted by Crippen LogP contribution is -2.57. The van der Waals surface area contributed by atoms with Crippen molar-refractivity contribution in [3.05, 3.63) is 53.6 Å². The molecule has 1 fully saturated rings. The third kappa shape index (κ3) is 5.01. The number of aliphatic carboxylic acids is 1. The molecule has 1 saturated heterocycles. The second-order valence-electron chi connectivity index (χ2n) is 8.59. The first-order chi connectivity index (χ1) is 15.5. The summed E-state index contributed by atoms with van der Waals surface area (Å²) in [5.41, 5.74) is 2.57. The van der Waals surface area contributed by atoms with Crippen LogP contribution in [0.25, 0.3) is 0 Å². The number of benzene rings is 2. The lowest BCUT2D eigenvalue weighted by Gasteiger charge is -2.44. The molecule has 1 aliphatic carbocycles. The zero-order chi connectivity index (χ0) is 23.9. The van der Waals surface area contributed by atoms with Gasteiger partial charge in [0.05, 0.1) is 10.8 Å². The Morgan fingerprint density at radius 2 is 1.70 bits per heavy atom. The van der Waals surface area contributed by atoms with Crippen LogP contribution in [0.2, 0.25) is 0 Å². The van der Waals surface area contributed by atoms with Gasteiger partial charge < -0.3 is 14.7 Å². The first-order valence-corrected chi connectivity index (χ1v) is 11.8. The molecule has 6 nitrogen and oxygen atoms in total. The standard InChI is InChI=1S/C23H25F3N2O4S/c1-14-12-27(18-6-8-19(9-7-18)32-23(24,25)26)13-15(2)28(14)33(31)21-5-3-4-16-10-17(22(29)30)11-20(16)21/h3-9,14-15,17H,10-13H2,1-2H3,(H,29,30). The summed E-state index contributed by atoms with van der Waals surface area (Å²) in [4.78, 5) is 14.2. The van der Waals surface area contributed by atoms with Crippen molar-refractivity contribution < 1.29 is 32.0 Å². The number of halogens is 3. The maximum atomic E-state index is 13.6. The fourth-order valence-electron chi connectivity index (χ4n) is 4.77. The van der Waals surface area contributed by atoms with Gasteiger partial charge in [0.15, 0.2) is 0 Å². The van der Waals surface area contributed by atoms with Crippen LogP contribution in [0.5, 0.6) is 5.75 Å². The van der Waals surface area contributed by atoms with E-state index in [0.29, 0.717) is 30.8 Å². The molecular weight excluding hydrogens is 457 g/mol. The lowest BCUT2D eigenvalue weighted by atomic mass is 10.1. The number of piperazine rings is 1. The number of alkyl halides is 3. The molecule has 0 aromatic heterocycles. The molecule has 2 aromatic rings. The smallest absolute Gasteiger partial charge is 0.481 e. The SMILES string of the molecule is CC1CN(c2ccc(OC(F)(F)F)cc2)CC(C)N1S(=O)c1cccc2c1CC(C(=O)O)C2. The van der Waals surface area contributed by atoms with Crippen LogP contribution in [-0.4, -0.2) is 51.1 Å². The summed E-state index contributed by atoms with van der Waals surface area (Å²) >= 11 is 0. The first kappa shape index (κ1) is 23.6. The van der Waals surface area contributed by atoms with E-state index in [9.17, 15) is 27.3 Å². The molecule has 1 aliphatic heterocycles. The molecule has 0 saturated carbocycles. The van der Waals surface area contributed by atoms with E-state index in [1.54, 1.807) is 12.1 Å². The van der Waals surface area contributed by atoms with E-state index < -0.39 is 29.2 Å². The summed E-state index contributed by atoms with van der Waals surface area (Å²) in [6.07, 6.45) is -3.91. The number of fused-ring (bicyclic) bond motifs is 1. The summed E-state index contributed by atoms with van der Waals surface area (Å²) < 4.78 is 56.7. The van der Waals surface area contributed by atoms with Gasteiger partial charge in [0.25, 0.3) is 0 Å². The molecule has 0 radical (unpaired) electrons. The molecule has 0 spiro atoms. The second kappa shape index (κ2) is 8.98. The van der Waals surface area contributed by atoms with Gasteiger partial charge in [-0.15, -0.1) is 13.2 Å². The third-order valence-electron chi connectivity index (χ3n) is 6.15. The molecule has 2 aromatic carbocycles. The largest absolute Gasteiger partial charge is 0.573 e. The molecule has 178 valence electrons. The minimum Gasteiger partial charge on any atom is -0.481 e. The predicted octanol–water partition coefficient (Wildman–Crippen LogP) is 4.01. The molecule has 33 heavy (non-hydrogen) atoms. The lowest BCUT2D eigenvalue weighted by molar-refractivity contribution is -0.274. The van der Waals surface area contributed by atoms with Gasteiger partial charge in [-0.25, -0.2) is 8.51 Å². The Morgan fingerprint density at radius 3 is 2.27 bits per heavy atom. The van der Waals surface area contributed by atoms with Crippen LogP contribution in [0.1, 0.15) is 25.0 Å². The minimum absolute atomic E-state index is 0.104. The Labute approximate surface area is 192 Å². The van der Waals surface area contributed by atoms with Crippen molar-refractivity contribution >= 4 is 22.6 Å². The maximum absolute atomic E-state index is 13.6. The number of carboxylic acid groups (broad SMARTS) is 1. The Hall–Kier alpha value is -2.59. The molecule has 1 N–H and O–H groups in total. The van der Waals surface area contributed by atoms with Crippen LogP contribution in [0, 0.1) is 5.92 Å². The van der Waals surface area contributed by atoms with Crippen LogP contribution in [0.4, 0.5) is 18.9 Å². The van der Waals surface area contributed by atoms with Crippen LogP contribution in [-0.2, 0) is 28.6 Å². The van der Waals surface area contributed by atoms with Crippen molar-refractivity contribution in [2.45, 2.75) is 50.0 Å². The molecule has 0 bridgehead atoms. The summed E-state index contributed by atoms with van der Waals surface area (Å²) in [6.45, 7) is 5.01. The highest BCUT2D eigenvalue weighted by Crippen LogP contribution is 2.34. The fourth-order valence-corrected chi connectivity index (χ4v) is 6.41. The summed E-state index contributed by atoms with van der Waals surface area (Å²) in [5, 5.41) is 9.40. The number of ether oxygens (including phenoxy) is 1. The Morgan fingerprint density at radius 1 is 1.06 bits per heavy atom. The average Bonchev–Trinajstić information content (AvgIpc) is 3.17. The average molecular weight is 483 g/mol. The van der Waals surface area contributed by atoms with Gasteiger partial charge in [0.2, 0.25) is 0 Å². The van der Waals surface area contributed by atoms with Crippen molar-refractivity contribution in [2.75, 3.05) is 18.0 Å². The molecule has 2 aliphatic rings. The molecule has 0 amide bonds. The summed E-state index contributed by atoms with van der Waals surface area (Å²) in [5.74, 6) is -1.61. The highest BCUT2D eigenvalue weighted by molar-refractivity contribution is 7.82. The maximum Gasteiger partial charge on any atom is 0.573 e. The van der Waals surface area contributed by atoms with Crippen LogP contribution < -0.4 is 9.64 Å². The third-order valence-corrected chi connectivity index (χ3v) is 8.01. The molecule has 10 heteroatoms. The number of nitrogens with zero attached hydrogens (tertiary/aromatic N) is 2. The number of hydrogen-bond acceptors (Lipinski definition) is 4. The van der Waals surface area contributed by atoms with Crippen LogP contribution in [0.15, 0.2) is 47.4 Å². The number of carbonyl (C=O) groups is 1.